The summed E-state index contributed by atoms with van der Waals surface area (Å²) in [6, 6.07) is 4.05. The van der Waals surface area contributed by atoms with Crippen LogP contribution in [0.25, 0.3) is 0 Å². The van der Waals surface area contributed by atoms with Gasteiger partial charge in [-0.3, -0.25) is 0 Å². The molecule has 3 nitrogen and oxygen atoms in total. The summed E-state index contributed by atoms with van der Waals surface area (Å²) in [5, 5.41) is 0. The Bertz CT molecular complexity index is 415. The number of rotatable bonds is 2. The summed E-state index contributed by atoms with van der Waals surface area (Å²) < 4.78 is 11.9. The Balaban J connectivity index is 2.15. The highest BCUT2D eigenvalue weighted by molar-refractivity contribution is 9.10. The number of halogens is 1. The van der Waals surface area contributed by atoms with Gasteiger partial charge in [-0.1, -0.05) is 15.9 Å². The third-order valence-electron chi connectivity index (χ3n) is 3.25. The molecule has 0 amide bonds. The van der Waals surface area contributed by atoms with E-state index in [-0.39, 0.29) is 5.41 Å². The van der Waals surface area contributed by atoms with Gasteiger partial charge in [0.05, 0.1) is 0 Å². The number of hydrogen-bond acceptors (Lipinski definition) is 3. The van der Waals surface area contributed by atoms with Crippen molar-refractivity contribution in [3.63, 3.8) is 0 Å². The Labute approximate surface area is 96.7 Å². The molecule has 0 saturated heterocycles. The molecule has 15 heavy (non-hydrogen) atoms. The zero-order valence-electron chi connectivity index (χ0n) is 8.25. The SMILES string of the molecule is NCC1(c2cc(Br)cc3c2OCO3)CC1. The van der Waals surface area contributed by atoms with Gasteiger partial charge >= 0.3 is 0 Å². The van der Waals surface area contributed by atoms with E-state index in [1.807, 2.05) is 6.07 Å². The standard InChI is InChI=1S/C11H12BrNO2/c12-7-3-8(11(5-13)1-2-11)10-9(4-7)14-6-15-10/h3-4H,1-2,5-6,13H2. The Morgan fingerprint density at radius 1 is 1.33 bits per heavy atom. The second kappa shape index (κ2) is 3.12. The van der Waals surface area contributed by atoms with Crippen LogP contribution in [0.5, 0.6) is 11.5 Å². The molecular formula is C11H12BrNO2. The molecule has 1 fully saturated rings. The van der Waals surface area contributed by atoms with Crippen LogP contribution in [0.15, 0.2) is 16.6 Å². The van der Waals surface area contributed by atoms with Crippen molar-refractivity contribution in [1.29, 1.82) is 0 Å². The molecule has 2 aliphatic rings. The molecule has 0 spiro atoms. The molecule has 0 aromatic heterocycles. The summed E-state index contributed by atoms with van der Waals surface area (Å²) in [6.07, 6.45) is 2.30. The van der Waals surface area contributed by atoms with E-state index in [1.54, 1.807) is 0 Å². The first-order valence-electron chi connectivity index (χ1n) is 5.05. The predicted octanol–water partition coefficient (Wildman–Crippen LogP) is 2.17. The maximum atomic E-state index is 5.83. The highest BCUT2D eigenvalue weighted by Crippen LogP contribution is 2.54. The average Bonchev–Trinajstić information content (AvgIpc) is 2.90. The zero-order chi connectivity index (χ0) is 10.5. The van der Waals surface area contributed by atoms with Crippen LogP contribution < -0.4 is 15.2 Å². The van der Waals surface area contributed by atoms with Crippen molar-refractivity contribution in [2.24, 2.45) is 5.73 Å². The topological polar surface area (TPSA) is 44.5 Å². The molecule has 0 bridgehead atoms. The van der Waals surface area contributed by atoms with Crippen molar-refractivity contribution in [1.82, 2.24) is 0 Å². The van der Waals surface area contributed by atoms with E-state index in [9.17, 15) is 0 Å². The van der Waals surface area contributed by atoms with Gasteiger partial charge in [-0.05, 0) is 25.0 Å². The monoisotopic (exact) mass is 269 g/mol. The van der Waals surface area contributed by atoms with Crippen LogP contribution >= 0.6 is 15.9 Å². The Morgan fingerprint density at radius 3 is 2.80 bits per heavy atom. The van der Waals surface area contributed by atoms with Crippen LogP contribution in [-0.2, 0) is 5.41 Å². The summed E-state index contributed by atoms with van der Waals surface area (Å²) in [5.74, 6) is 1.72. The first-order chi connectivity index (χ1) is 7.25. The van der Waals surface area contributed by atoms with Crippen LogP contribution in [0.1, 0.15) is 18.4 Å². The van der Waals surface area contributed by atoms with Crippen molar-refractivity contribution in [2.75, 3.05) is 13.3 Å². The van der Waals surface area contributed by atoms with Gasteiger partial charge in [0.1, 0.15) is 0 Å². The molecule has 1 heterocycles. The number of ether oxygens (including phenoxy) is 2. The third-order valence-corrected chi connectivity index (χ3v) is 3.71. The first-order valence-corrected chi connectivity index (χ1v) is 5.84. The van der Waals surface area contributed by atoms with E-state index >= 15 is 0 Å². The van der Waals surface area contributed by atoms with E-state index in [2.05, 4.69) is 22.0 Å². The van der Waals surface area contributed by atoms with Crippen LogP contribution in [0.4, 0.5) is 0 Å². The molecule has 1 saturated carbocycles. The van der Waals surface area contributed by atoms with Crippen molar-refractivity contribution in [3.8, 4) is 11.5 Å². The summed E-state index contributed by atoms with van der Waals surface area (Å²) in [6.45, 7) is 0.999. The third kappa shape index (κ3) is 1.35. The fourth-order valence-corrected chi connectivity index (χ4v) is 2.54. The van der Waals surface area contributed by atoms with Crippen LogP contribution in [-0.4, -0.2) is 13.3 Å². The molecule has 1 aliphatic carbocycles. The van der Waals surface area contributed by atoms with Crippen molar-refractivity contribution in [3.05, 3.63) is 22.2 Å². The van der Waals surface area contributed by atoms with Crippen LogP contribution in [0.3, 0.4) is 0 Å². The lowest BCUT2D eigenvalue weighted by atomic mass is 9.95. The lowest BCUT2D eigenvalue weighted by molar-refractivity contribution is 0.173. The highest BCUT2D eigenvalue weighted by Gasteiger charge is 2.46. The van der Waals surface area contributed by atoms with Gasteiger partial charge in [-0.25, -0.2) is 0 Å². The minimum Gasteiger partial charge on any atom is -0.454 e. The summed E-state index contributed by atoms with van der Waals surface area (Å²) in [7, 11) is 0. The molecule has 1 aliphatic heterocycles. The van der Waals surface area contributed by atoms with E-state index in [0.717, 1.165) is 28.8 Å². The average molecular weight is 270 g/mol. The summed E-state index contributed by atoms with van der Waals surface area (Å²) >= 11 is 3.49. The summed E-state index contributed by atoms with van der Waals surface area (Å²) in [4.78, 5) is 0. The molecule has 4 heteroatoms. The van der Waals surface area contributed by atoms with Crippen LogP contribution in [0.2, 0.25) is 0 Å². The van der Waals surface area contributed by atoms with Gasteiger partial charge in [-0.15, -0.1) is 0 Å². The van der Waals surface area contributed by atoms with Gasteiger partial charge < -0.3 is 15.2 Å². The van der Waals surface area contributed by atoms with Gasteiger partial charge in [0.25, 0.3) is 0 Å². The van der Waals surface area contributed by atoms with Crippen LogP contribution in [0, 0.1) is 0 Å². The maximum Gasteiger partial charge on any atom is 0.231 e. The Morgan fingerprint density at radius 2 is 2.13 bits per heavy atom. The van der Waals surface area contributed by atoms with Crippen molar-refractivity contribution < 1.29 is 9.47 Å². The fourth-order valence-electron chi connectivity index (χ4n) is 2.10. The quantitative estimate of drug-likeness (QED) is 0.895. The van der Waals surface area contributed by atoms with Gasteiger partial charge in [0.2, 0.25) is 6.79 Å². The van der Waals surface area contributed by atoms with Gasteiger partial charge in [0, 0.05) is 22.0 Å². The molecule has 2 N–H and O–H groups in total. The number of benzene rings is 1. The minimum atomic E-state index is 0.140. The highest BCUT2D eigenvalue weighted by atomic mass is 79.9. The second-order valence-electron chi connectivity index (χ2n) is 4.17. The molecule has 0 atom stereocenters. The van der Waals surface area contributed by atoms with Crippen molar-refractivity contribution >= 4 is 15.9 Å². The van der Waals surface area contributed by atoms with E-state index in [1.165, 1.54) is 5.56 Å². The number of fused-ring (bicyclic) bond motifs is 1. The summed E-state index contributed by atoms with van der Waals surface area (Å²) in [5.41, 5.74) is 7.17. The lowest BCUT2D eigenvalue weighted by Gasteiger charge is -2.15. The minimum absolute atomic E-state index is 0.140. The molecule has 3 rings (SSSR count). The zero-order valence-corrected chi connectivity index (χ0v) is 9.84. The largest absolute Gasteiger partial charge is 0.454 e. The predicted molar refractivity (Wildman–Crippen MR) is 60.2 cm³/mol. The van der Waals surface area contributed by atoms with E-state index in [4.69, 9.17) is 15.2 Å². The van der Waals surface area contributed by atoms with Gasteiger partial charge in [-0.2, -0.15) is 0 Å². The smallest absolute Gasteiger partial charge is 0.231 e. The molecular weight excluding hydrogens is 258 g/mol. The molecule has 0 unspecified atom stereocenters. The van der Waals surface area contributed by atoms with Crippen molar-refractivity contribution in [2.45, 2.75) is 18.3 Å². The lowest BCUT2D eigenvalue weighted by Crippen LogP contribution is -2.20. The molecule has 1 aromatic carbocycles. The Kier molecular flexibility index (Phi) is 1.97. The Hall–Kier alpha value is -0.740. The molecule has 80 valence electrons. The second-order valence-corrected chi connectivity index (χ2v) is 5.09. The maximum absolute atomic E-state index is 5.83. The molecule has 0 radical (unpaired) electrons. The fraction of sp³-hybridized carbons (Fsp3) is 0.455. The van der Waals surface area contributed by atoms with E-state index < -0.39 is 0 Å². The first kappa shape index (κ1) is 9.48. The normalized spacial score (nSPS) is 20.4. The van der Waals surface area contributed by atoms with Gasteiger partial charge in [0.15, 0.2) is 11.5 Å². The number of nitrogens with two attached hydrogens (primary N) is 1. The van der Waals surface area contributed by atoms with E-state index in [0.29, 0.717) is 13.3 Å². The molecule has 1 aromatic rings. The number of hydrogen-bond donors (Lipinski definition) is 1.